The first-order valence-corrected chi connectivity index (χ1v) is 7.30. The lowest BCUT2D eigenvalue weighted by molar-refractivity contribution is 0.0999. The minimum Gasteiger partial charge on any atom is -0.365 e. The van der Waals surface area contributed by atoms with E-state index in [0.717, 1.165) is 24.9 Å². The number of nitrogens with zero attached hydrogens (tertiary/aromatic N) is 2. The molecule has 110 valence electrons. The molecule has 2 heterocycles. The fraction of sp³-hybridized carbons (Fsp3) is 0.600. The molecule has 0 aliphatic carbocycles. The third-order valence-electron chi connectivity index (χ3n) is 4.33. The average Bonchev–Trinajstić information content (AvgIpc) is 2.45. The molecule has 1 saturated heterocycles. The van der Waals surface area contributed by atoms with E-state index in [2.05, 4.69) is 16.8 Å². The smallest absolute Gasteiger partial charge is 0.252 e. The Morgan fingerprint density at radius 3 is 2.90 bits per heavy atom. The SMILES string of the molecule is CCC1CCN(c2nccc(C)c2C(N)=O)C(CN)C1. The molecule has 0 saturated carbocycles. The van der Waals surface area contributed by atoms with Crippen molar-refractivity contribution in [1.29, 1.82) is 0 Å². The van der Waals surface area contributed by atoms with Crippen LogP contribution in [-0.4, -0.2) is 30.0 Å². The molecular formula is C15H24N4O. The van der Waals surface area contributed by atoms with Crippen LogP contribution in [0.2, 0.25) is 0 Å². The van der Waals surface area contributed by atoms with Gasteiger partial charge in [0.15, 0.2) is 0 Å². The monoisotopic (exact) mass is 276 g/mol. The van der Waals surface area contributed by atoms with E-state index < -0.39 is 5.91 Å². The first-order valence-electron chi connectivity index (χ1n) is 7.30. The summed E-state index contributed by atoms with van der Waals surface area (Å²) < 4.78 is 0. The van der Waals surface area contributed by atoms with Gasteiger partial charge in [-0.25, -0.2) is 4.98 Å². The van der Waals surface area contributed by atoms with Crippen molar-refractivity contribution in [1.82, 2.24) is 4.98 Å². The highest BCUT2D eigenvalue weighted by Gasteiger charge is 2.30. The van der Waals surface area contributed by atoms with E-state index in [9.17, 15) is 4.79 Å². The standard InChI is InChI=1S/C15H24N4O/c1-3-11-5-7-19(12(8-11)9-16)15-13(14(17)20)10(2)4-6-18-15/h4,6,11-12H,3,5,7-9,16H2,1-2H3,(H2,17,20). The van der Waals surface area contributed by atoms with Crippen LogP contribution in [0.1, 0.15) is 42.1 Å². The second-order valence-electron chi connectivity index (χ2n) is 5.57. The van der Waals surface area contributed by atoms with Crippen LogP contribution in [0.25, 0.3) is 0 Å². The maximum Gasteiger partial charge on any atom is 0.252 e. The number of aryl methyl sites for hydroxylation is 1. The number of piperidine rings is 1. The molecule has 2 rings (SSSR count). The summed E-state index contributed by atoms with van der Waals surface area (Å²) in [6, 6.07) is 2.06. The molecule has 0 spiro atoms. The number of carbonyl (C=O) groups is 1. The predicted octanol–water partition coefficient (Wildman–Crippen LogP) is 1.44. The van der Waals surface area contributed by atoms with Crippen molar-refractivity contribution < 1.29 is 4.79 Å². The maximum absolute atomic E-state index is 11.7. The summed E-state index contributed by atoms with van der Waals surface area (Å²) in [6.07, 6.45) is 5.08. The number of rotatable bonds is 4. The summed E-state index contributed by atoms with van der Waals surface area (Å²) in [5, 5.41) is 0. The summed E-state index contributed by atoms with van der Waals surface area (Å²) in [6.45, 7) is 5.57. The Kier molecular flexibility index (Phi) is 4.60. The van der Waals surface area contributed by atoms with Crippen LogP contribution in [0, 0.1) is 12.8 Å². The lowest BCUT2D eigenvalue weighted by Crippen LogP contribution is -2.48. The number of anilines is 1. The maximum atomic E-state index is 11.7. The Balaban J connectivity index is 2.35. The van der Waals surface area contributed by atoms with E-state index in [1.54, 1.807) is 6.20 Å². The zero-order chi connectivity index (χ0) is 14.7. The van der Waals surface area contributed by atoms with Gasteiger partial charge in [0.2, 0.25) is 0 Å². The van der Waals surface area contributed by atoms with E-state index in [1.807, 2.05) is 13.0 Å². The fourth-order valence-corrected chi connectivity index (χ4v) is 3.07. The van der Waals surface area contributed by atoms with Crippen molar-refractivity contribution in [2.45, 2.75) is 39.2 Å². The first-order chi connectivity index (χ1) is 9.58. The largest absolute Gasteiger partial charge is 0.365 e. The Morgan fingerprint density at radius 2 is 2.30 bits per heavy atom. The van der Waals surface area contributed by atoms with E-state index in [0.29, 0.717) is 23.8 Å². The Labute approximate surface area is 120 Å². The first kappa shape index (κ1) is 14.8. The van der Waals surface area contributed by atoms with Crippen molar-refractivity contribution in [3.8, 4) is 0 Å². The van der Waals surface area contributed by atoms with Crippen LogP contribution < -0.4 is 16.4 Å². The molecule has 1 aliphatic heterocycles. The number of amides is 1. The molecule has 20 heavy (non-hydrogen) atoms. The number of nitrogens with two attached hydrogens (primary N) is 2. The summed E-state index contributed by atoms with van der Waals surface area (Å²) in [5.74, 6) is 0.989. The Bertz CT molecular complexity index is 489. The molecule has 0 bridgehead atoms. The predicted molar refractivity (Wildman–Crippen MR) is 80.7 cm³/mol. The highest BCUT2D eigenvalue weighted by Crippen LogP contribution is 2.31. The molecule has 2 atom stereocenters. The Morgan fingerprint density at radius 1 is 1.55 bits per heavy atom. The summed E-state index contributed by atoms with van der Waals surface area (Å²) in [5.41, 5.74) is 12.9. The van der Waals surface area contributed by atoms with Crippen LogP contribution in [-0.2, 0) is 0 Å². The number of aromatic nitrogens is 1. The van der Waals surface area contributed by atoms with Gasteiger partial charge in [0, 0.05) is 25.3 Å². The molecule has 4 N–H and O–H groups in total. The van der Waals surface area contributed by atoms with E-state index in [1.165, 1.54) is 6.42 Å². The lowest BCUT2D eigenvalue weighted by Gasteiger charge is -2.40. The normalized spacial score (nSPS) is 22.9. The molecule has 0 aromatic carbocycles. The fourth-order valence-electron chi connectivity index (χ4n) is 3.07. The van der Waals surface area contributed by atoms with E-state index in [-0.39, 0.29) is 6.04 Å². The molecule has 1 aromatic rings. The number of carbonyl (C=O) groups excluding carboxylic acids is 1. The zero-order valence-electron chi connectivity index (χ0n) is 12.3. The molecule has 5 nitrogen and oxygen atoms in total. The van der Waals surface area contributed by atoms with Gasteiger partial charge in [-0.05, 0) is 37.3 Å². The minimum absolute atomic E-state index is 0.237. The van der Waals surface area contributed by atoms with Crippen LogP contribution in [0.15, 0.2) is 12.3 Å². The van der Waals surface area contributed by atoms with Gasteiger partial charge in [0.05, 0.1) is 5.56 Å². The number of hydrogen-bond donors (Lipinski definition) is 2. The molecule has 1 aliphatic rings. The highest BCUT2D eigenvalue weighted by atomic mass is 16.1. The summed E-state index contributed by atoms with van der Waals surface area (Å²) in [4.78, 5) is 18.3. The second-order valence-corrected chi connectivity index (χ2v) is 5.57. The average molecular weight is 276 g/mol. The molecule has 2 unspecified atom stereocenters. The van der Waals surface area contributed by atoms with Crippen molar-refractivity contribution in [2.24, 2.45) is 17.4 Å². The zero-order valence-corrected chi connectivity index (χ0v) is 12.3. The van der Waals surface area contributed by atoms with Crippen LogP contribution in [0.3, 0.4) is 0 Å². The quantitative estimate of drug-likeness (QED) is 0.871. The topological polar surface area (TPSA) is 85.2 Å². The van der Waals surface area contributed by atoms with Gasteiger partial charge in [0.1, 0.15) is 5.82 Å². The van der Waals surface area contributed by atoms with E-state index in [4.69, 9.17) is 11.5 Å². The minimum atomic E-state index is -0.418. The van der Waals surface area contributed by atoms with Crippen LogP contribution in [0.5, 0.6) is 0 Å². The van der Waals surface area contributed by atoms with Crippen molar-refractivity contribution in [2.75, 3.05) is 18.0 Å². The lowest BCUT2D eigenvalue weighted by atomic mass is 9.88. The van der Waals surface area contributed by atoms with Crippen LogP contribution >= 0.6 is 0 Å². The van der Waals surface area contributed by atoms with Gasteiger partial charge in [-0.1, -0.05) is 13.3 Å². The molecule has 5 heteroatoms. The number of primary amides is 1. The second kappa shape index (κ2) is 6.22. The summed E-state index contributed by atoms with van der Waals surface area (Å²) in [7, 11) is 0. The van der Waals surface area contributed by atoms with Gasteiger partial charge < -0.3 is 16.4 Å². The van der Waals surface area contributed by atoms with Crippen LogP contribution in [0.4, 0.5) is 5.82 Å². The van der Waals surface area contributed by atoms with Crippen molar-refractivity contribution in [3.63, 3.8) is 0 Å². The molecule has 1 fully saturated rings. The number of pyridine rings is 1. The Hall–Kier alpha value is -1.62. The van der Waals surface area contributed by atoms with Gasteiger partial charge in [-0.15, -0.1) is 0 Å². The van der Waals surface area contributed by atoms with E-state index >= 15 is 0 Å². The van der Waals surface area contributed by atoms with Crippen molar-refractivity contribution in [3.05, 3.63) is 23.4 Å². The third-order valence-corrected chi connectivity index (χ3v) is 4.33. The van der Waals surface area contributed by atoms with Gasteiger partial charge in [0.25, 0.3) is 5.91 Å². The molecule has 1 aromatic heterocycles. The van der Waals surface area contributed by atoms with Crippen molar-refractivity contribution >= 4 is 11.7 Å². The molecule has 0 radical (unpaired) electrons. The third kappa shape index (κ3) is 2.77. The van der Waals surface area contributed by atoms with Gasteiger partial charge in [-0.2, -0.15) is 0 Å². The summed E-state index contributed by atoms with van der Waals surface area (Å²) >= 11 is 0. The molecular weight excluding hydrogens is 252 g/mol. The molecule has 1 amide bonds. The number of hydrogen-bond acceptors (Lipinski definition) is 4. The van der Waals surface area contributed by atoms with Gasteiger partial charge >= 0.3 is 0 Å². The van der Waals surface area contributed by atoms with Gasteiger partial charge in [-0.3, -0.25) is 4.79 Å². The highest BCUT2D eigenvalue weighted by molar-refractivity contribution is 5.99.